The van der Waals surface area contributed by atoms with Crippen molar-refractivity contribution < 1.29 is 18.7 Å². The SMILES string of the molecule is CCOC(=O)C(C=Nc1ccc(-c2cc3nc(C(=O)N4CCc5sccc5C4C)cc(CC)n3n2)c(F)c1)=CN. The summed E-state index contributed by atoms with van der Waals surface area (Å²) in [5, 5.41) is 6.66. The summed E-state index contributed by atoms with van der Waals surface area (Å²) in [6.07, 6.45) is 3.76. The maximum atomic E-state index is 15.2. The van der Waals surface area contributed by atoms with Crippen LogP contribution in [0.4, 0.5) is 10.1 Å². The molecule has 1 amide bonds. The molecule has 3 aromatic heterocycles. The van der Waals surface area contributed by atoms with Crippen LogP contribution in [0.25, 0.3) is 16.9 Å². The zero-order valence-corrected chi connectivity index (χ0v) is 23.2. The molecular weight excluding hydrogens is 531 g/mol. The Hall–Kier alpha value is -4.38. The van der Waals surface area contributed by atoms with Crippen LogP contribution in [0.5, 0.6) is 0 Å². The molecule has 11 heteroatoms. The normalized spacial score (nSPS) is 15.6. The van der Waals surface area contributed by atoms with Crippen LogP contribution in [0.1, 0.15) is 53.4 Å². The van der Waals surface area contributed by atoms with Crippen molar-refractivity contribution in [3.8, 4) is 11.3 Å². The average molecular weight is 561 g/mol. The minimum absolute atomic E-state index is 0.0324. The molecule has 0 saturated heterocycles. The van der Waals surface area contributed by atoms with E-state index in [1.807, 2.05) is 18.7 Å². The number of hydrogen-bond acceptors (Lipinski definition) is 8. The van der Waals surface area contributed by atoms with Crippen molar-refractivity contribution in [1.29, 1.82) is 0 Å². The maximum Gasteiger partial charge on any atom is 0.341 e. The molecule has 0 saturated carbocycles. The third kappa shape index (κ3) is 5.12. The van der Waals surface area contributed by atoms with Crippen LogP contribution in [-0.2, 0) is 22.4 Å². The zero-order chi connectivity index (χ0) is 28.4. The number of thiophene rings is 1. The first-order valence-corrected chi connectivity index (χ1v) is 13.9. The number of benzene rings is 1. The van der Waals surface area contributed by atoms with Gasteiger partial charge in [-0.2, -0.15) is 5.10 Å². The molecule has 4 aromatic rings. The van der Waals surface area contributed by atoms with Gasteiger partial charge < -0.3 is 15.4 Å². The molecule has 1 aliphatic rings. The Bertz CT molecular complexity index is 1660. The van der Waals surface area contributed by atoms with Crippen LogP contribution in [0, 0.1) is 5.82 Å². The van der Waals surface area contributed by atoms with Gasteiger partial charge in [0.2, 0.25) is 0 Å². The van der Waals surface area contributed by atoms with E-state index in [9.17, 15) is 9.59 Å². The summed E-state index contributed by atoms with van der Waals surface area (Å²) in [7, 11) is 0. The monoisotopic (exact) mass is 560 g/mol. The van der Waals surface area contributed by atoms with Gasteiger partial charge in [0.05, 0.1) is 29.6 Å². The molecule has 0 bridgehead atoms. The smallest absolute Gasteiger partial charge is 0.341 e. The van der Waals surface area contributed by atoms with Gasteiger partial charge in [-0.1, -0.05) is 6.92 Å². The molecule has 9 nitrogen and oxygen atoms in total. The van der Waals surface area contributed by atoms with Crippen LogP contribution in [0.3, 0.4) is 0 Å². The molecule has 0 aliphatic carbocycles. The van der Waals surface area contributed by atoms with Crippen LogP contribution in [0.2, 0.25) is 0 Å². The van der Waals surface area contributed by atoms with E-state index in [-0.39, 0.29) is 29.7 Å². The number of carbonyl (C=O) groups excluding carboxylic acids is 2. The van der Waals surface area contributed by atoms with E-state index in [0.717, 1.165) is 18.3 Å². The minimum Gasteiger partial charge on any atom is -0.462 e. The number of hydrogen-bond donors (Lipinski definition) is 1. The lowest BCUT2D eigenvalue weighted by atomic mass is 10.0. The number of amides is 1. The number of aryl methyl sites for hydroxylation is 1. The Morgan fingerprint density at radius 1 is 1.25 bits per heavy atom. The molecule has 1 aliphatic heterocycles. The van der Waals surface area contributed by atoms with E-state index in [0.29, 0.717) is 35.7 Å². The van der Waals surface area contributed by atoms with Crippen molar-refractivity contribution in [3.05, 3.63) is 81.2 Å². The second-order valence-corrected chi connectivity index (χ2v) is 10.3. The molecule has 0 spiro atoms. The lowest BCUT2D eigenvalue weighted by molar-refractivity contribution is -0.137. The van der Waals surface area contributed by atoms with Gasteiger partial charge in [-0.05, 0) is 61.9 Å². The number of halogens is 1. The Labute approximate surface area is 234 Å². The highest BCUT2D eigenvalue weighted by molar-refractivity contribution is 7.10. The molecule has 0 fully saturated rings. The lowest BCUT2D eigenvalue weighted by Crippen LogP contribution is -2.38. The van der Waals surface area contributed by atoms with Gasteiger partial charge in [-0.15, -0.1) is 11.3 Å². The van der Waals surface area contributed by atoms with Crippen LogP contribution < -0.4 is 5.73 Å². The van der Waals surface area contributed by atoms with E-state index < -0.39 is 11.8 Å². The molecular formula is C29H29FN6O3S. The molecule has 2 N–H and O–H groups in total. The zero-order valence-electron chi connectivity index (χ0n) is 22.4. The number of fused-ring (bicyclic) bond motifs is 2. The average Bonchev–Trinajstić information content (AvgIpc) is 3.60. The number of nitrogens with two attached hydrogens (primary N) is 1. The van der Waals surface area contributed by atoms with Crippen molar-refractivity contribution >= 4 is 40.8 Å². The summed E-state index contributed by atoms with van der Waals surface area (Å²) in [6, 6.07) is 9.90. The number of nitrogens with zero attached hydrogens (tertiary/aromatic N) is 5. The third-order valence-corrected chi connectivity index (χ3v) is 7.89. The summed E-state index contributed by atoms with van der Waals surface area (Å²) in [4.78, 5) is 37.4. The van der Waals surface area contributed by atoms with Gasteiger partial charge in [-0.25, -0.2) is 18.7 Å². The molecule has 5 rings (SSSR count). The topological polar surface area (TPSA) is 115 Å². The van der Waals surface area contributed by atoms with Gasteiger partial charge in [0.1, 0.15) is 11.5 Å². The summed E-state index contributed by atoms with van der Waals surface area (Å²) in [5.41, 5.74) is 9.26. The fraction of sp³-hybridized carbons (Fsp3) is 0.276. The largest absolute Gasteiger partial charge is 0.462 e. The molecule has 40 heavy (non-hydrogen) atoms. The van der Waals surface area contributed by atoms with Crippen molar-refractivity contribution in [3.63, 3.8) is 0 Å². The molecule has 1 unspecified atom stereocenters. The summed E-state index contributed by atoms with van der Waals surface area (Å²) >= 11 is 1.73. The van der Waals surface area contributed by atoms with E-state index in [2.05, 4.69) is 26.5 Å². The van der Waals surface area contributed by atoms with Gasteiger partial charge >= 0.3 is 5.97 Å². The Morgan fingerprint density at radius 3 is 2.80 bits per heavy atom. The number of esters is 1. The number of rotatable bonds is 7. The number of aliphatic imine (C=N–C) groups is 1. The lowest BCUT2D eigenvalue weighted by Gasteiger charge is -2.33. The van der Waals surface area contributed by atoms with Gasteiger partial charge in [-0.3, -0.25) is 9.79 Å². The summed E-state index contributed by atoms with van der Waals surface area (Å²) in [5.74, 6) is -1.29. The van der Waals surface area contributed by atoms with Crippen molar-refractivity contribution in [2.45, 2.75) is 39.7 Å². The van der Waals surface area contributed by atoms with Gasteiger partial charge in [0, 0.05) is 47.2 Å². The number of aromatic nitrogens is 3. The first-order chi connectivity index (χ1) is 19.3. The van der Waals surface area contributed by atoms with E-state index in [1.54, 1.807) is 47.0 Å². The summed E-state index contributed by atoms with van der Waals surface area (Å²) < 4.78 is 21.7. The highest BCUT2D eigenvalue weighted by Crippen LogP contribution is 2.34. The molecule has 4 heterocycles. The second-order valence-electron chi connectivity index (χ2n) is 9.27. The maximum absolute atomic E-state index is 15.2. The van der Waals surface area contributed by atoms with E-state index in [4.69, 9.17) is 10.5 Å². The number of ether oxygens (including phenoxy) is 1. The minimum atomic E-state index is -0.612. The van der Waals surface area contributed by atoms with Crippen LogP contribution in [0.15, 0.2) is 58.5 Å². The Morgan fingerprint density at radius 2 is 2.08 bits per heavy atom. The fourth-order valence-corrected chi connectivity index (χ4v) is 5.74. The van der Waals surface area contributed by atoms with Crippen LogP contribution in [-0.4, -0.2) is 50.7 Å². The predicted octanol–water partition coefficient (Wildman–Crippen LogP) is 5.03. The first-order valence-electron chi connectivity index (χ1n) is 13.0. The Balaban J connectivity index is 1.43. The Kier molecular flexibility index (Phi) is 7.74. The highest BCUT2D eigenvalue weighted by atomic mass is 32.1. The predicted molar refractivity (Wildman–Crippen MR) is 152 cm³/mol. The highest BCUT2D eigenvalue weighted by Gasteiger charge is 2.30. The summed E-state index contributed by atoms with van der Waals surface area (Å²) in [6.45, 7) is 6.53. The van der Waals surface area contributed by atoms with E-state index in [1.165, 1.54) is 22.7 Å². The fourth-order valence-electron chi connectivity index (χ4n) is 4.78. The quantitative estimate of drug-likeness (QED) is 0.193. The van der Waals surface area contributed by atoms with Crippen LogP contribution >= 0.6 is 11.3 Å². The standard InChI is InChI=1S/C29H29FN6O3S/c1-4-20-13-25(28(37)35-10-8-26-21(17(35)3)9-11-40-26)33-27-14-24(34-36(20)27)22-7-6-19(12-23(22)30)32-16-18(15-31)29(38)39-5-2/h6-7,9,11-17H,4-5,8,10,31H2,1-3H3. The van der Waals surface area contributed by atoms with Gasteiger partial charge in [0.25, 0.3) is 5.91 Å². The number of carbonyl (C=O) groups is 2. The van der Waals surface area contributed by atoms with Crippen molar-refractivity contribution in [1.82, 2.24) is 19.5 Å². The first kappa shape index (κ1) is 27.2. The molecule has 206 valence electrons. The van der Waals surface area contributed by atoms with Crippen molar-refractivity contribution in [2.24, 2.45) is 10.7 Å². The van der Waals surface area contributed by atoms with E-state index >= 15 is 4.39 Å². The second kappa shape index (κ2) is 11.4. The molecule has 1 atom stereocenters. The molecule has 0 radical (unpaired) electrons. The third-order valence-electron chi connectivity index (χ3n) is 6.89. The molecule has 1 aromatic carbocycles. The van der Waals surface area contributed by atoms with Crippen molar-refractivity contribution in [2.75, 3.05) is 13.2 Å². The van der Waals surface area contributed by atoms with Gasteiger partial charge in [0.15, 0.2) is 5.65 Å².